The van der Waals surface area contributed by atoms with E-state index in [4.69, 9.17) is 5.11 Å². The zero-order chi connectivity index (χ0) is 10.7. The highest BCUT2D eigenvalue weighted by molar-refractivity contribution is 6.05. The number of carbonyl (C=O) groups is 1. The second kappa shape index (κ2) is 3.88. The Kier molecular flexibility index (Phi) is 2.41. The van der Waals surface area contributed by atoms with E-state index in [9.17, 15) is 4.79 Å². The second-order valence-electron chi connectivity index (χ2n) is 2.95. The van der Waals surface area contributed by atoms with Crippen LogP contribution in [0.4, 0.5) is 0 Å². The van der Waals surface area contributed by atoms with Crippen molar-refractivity contribution in [2.24, 2.45) is 0 Å². The fraction of sp³-hybridized carbons (Fsp3) is 0. The van der Waals surface area contributed by atoms with Crippen LogP contribution < -0.4 is 0 Å². The number of aldehydes is 1. The van der Waals surface area contributed by atoms with E-state index in [0.29, 0.717) is 17.5 Å². The number of carbonyl (C=O) groups excluding carboxylic acids is 1. The Morgan fingerprint density at radius 2 is 2.00 bits per heavy atom. The summed E-state index contributed by atoms with van der Waals surface area (Å²) in [5.41, 5.74) is 1.93. The van der Waals surface area contributed by atoms with Gasteiger partial charge in [-0.3, -0.25) is 9.78 Å². The van der Waals surface area contributed by atoms with Gasteiger partial charge in [-0.1, -0.05) is 12.1 Å². The number of nitrogens with zero attached hydrogens (tertiary/aromatic N) is 2. The minimum absolute atomic E-state index is 0.119. The Bertz CT molecular complexity index is 535. The molecule has 0 aliphatic carbocycles. The minimum atomic E-state index is 0.119. The molecular weight excluding hydrogens is 192 g/mol. The molecule has 0 saturated carbocycles. The molecule has 0 unspecified atom stereocenters. The number of aromatic nitrogens is 2. The van der Waals surface area contributed by atoms with Gasteiger partial charge in [-0.05, 0) is 12.1 Å². The molecule has 0 amide bonds. The highest BCUT2D eigenvalue weighted by Crippen LogP contribution is 2.12. The zero-order valence-corrected chi connectivity index (χ0v) is 7.79. The summed E-state index contributed by atoms with van der Waals surface area (Å²) in [5, 5.41) is 8.79. The molecule has 0 saturated heterocycles. The molecular formula is C11H8N2O2. The van der Waals surface area contributed by atoms with E-state index in [1.165, 1.54) is 6.20 Å². The first-order valence-electron chi connectivity index (χ1n) is 4.37. The first-order chi connectivity index (χ1) is 7.35. The maximum atomic E-state index is 10.6. The van der Waals surface area contributed by atoms with E-state index in [1.54, 1.807) is 6.07 Å². The third-order valence-electron chi connectivity index (χ3n) is 2.01. The summed E-state index contributed by atoms with van der Waals surface area (Å²) in [6.45, 7) is 0. The van der Waals surface area contributed by atoms with Crippen molar-refractivity contribution in [2.45, 2.75) is 0 Å². The molecule has 74 valence electrons. The van der Waals surface area contributed by atoms with Gasteiger partial charge in [-0.25, -0.2) is 4.98 Å². The summed E-state index contributed by atoms with van der Waals surface area (Å²) in [6.07, 6.45) is 2.73. The van der Waals surface area contributed by atoms with E-state index < -0.39 is 0 Å². The molecule has 0 aliphatic rings. The molecule has 0 aliphatic heterocycles. The number of hydrogen-bond acceptors (Lipinski definition) is 4. The number of hydrogen-bond donors (Lipinski definition) is 1. The molecule has 4 heteroatoms. The van der Waals surface area contributed by atoms with Gasteiger partial charge in [0, 0.05) is 0 Å². The SMILES string of the molecule is O=CC(=CO)c1cnc2ccccc2n1. The van der Waals surface area contributed by atoms with Gasteiger partial charge in [0.25, 0.3) is 0 Å². The number of aliphatic hydroxyl groups is 1. The molecule has 15 heavy (non-hydrogen) atoms. The van der Waals surface area contributed by atoms with Crippen LogP contribution in [0.5, 0.6) is 0 Å². The summed E-state index contributed by atoms with van der Waals surface area (Å²) in [7, 11) is 0. The smallest absolute Gasteiger partial charge is 0.155 e. The van der Waals surface area contributed by atoms with Crippen LogP contribution in [0.1, 0.15) is 5.69 Å². The van der Waals surface area contributed by atoms with Gasteiger partial charge in [0.2, 0.25) is 0 Å². The van der Waals surface area contributed by atoms with Gasteiger partial charge in [-0.15, -0.1) is 0 Å². The third-order valence-corrected chi connectivity index (χ3v) is 2.01. The summed E-state index contributed by atoms with van der Waals surface area (Å²) < 4.78 is 0. The maximum Gasteiger partial charge on any atom is 0.155 e. The number of benzene rings is 1. The number of allylic oxidation sites excluding steroid dienone is 1. The van der Waals surface area contributed by atoms with E-state index in [-0.39, 0.29) is 5.57 Å². The molecule has 2 aromatic rings. The van der Waals surface area contributed by atoms with Crippen LogP contribution in [0, 0.1) is 0 Å². The van der Waals surface area contributed by atoms with Crippen molar-refractivity contribution < 1.29 is 9.90 Å². The molecule has 1 N–H and O–H groups in total. The lowest BCUT2D eigenvalue weighted by Gasteiger charge is -1.99. The predicted molar refractivity (Wildman–Crippen MR) is 56.2 cm³/mol. The van der Waals surface area contributed by atoms with Gasteiger partial charge < -0.3 is 5.11 Å². The van der Waals surface area contributed by atoms with Crippen molar-refractivity contribution in [3.63, 3.8) is 0 Å². The molecule has 0 fully saturated rings. The Labute approximate surface area is 85.9 Å². The van der Waals surface area contributed by atoms with Crippen molar-refractivity contribution in [1.29, 1.82) is 0 Å². The standard InChI is InChI=1S/C11H8N2O2/c14-6-8(7-15)11-5-12-9-3-1-2-4-10(9)13-11/h1-7,14H. The van der Waals surface area contributed by atoms with Crippen LogP contribution in [0.25, 0.3) is 16.6 Å². The molecule has 0 atom stereocenters. The first-order valence-corrected chi connectivity index (χ1v) is 4.37. The highest BCUT2D eigenvalue weighted by Gasteiger charge is 2.03. The normalized spacial score (nSPS) is 11.6. The lowest BCUT2D eigenvalue weighted by Crippen LogP contribution is -1.93. The Hall–Kier alpha value is -2.23. The molecule has 1 heterocycles. The van der Waals surface area contributed by atoms with E-state index >= 15 is 0 Å². The fourth-order valence-corrected chi connectivity index (χ4v) is 1.25. The fourth-order valence-electron chi connectivity index (χ4n) is 1.25. The average Bonchev–Trinajstić information content (AvgIpc) is 2.30. The highest BCUT2D eigenvalue weighted by atomic mass is 16.2. The summed E-state index contributed by atoms with van der Waals surface area (Å²) >= 11 is 0. The molecule has 0 spiro atoms. The van der Waals surface area contributed by atoms with Crippen molar-refractivity contribution in [3.8, 4) is 0 Å². The zero-order valence-electron chi connectivity index (χ0n) is 7.79. The molecule has 1 aromatic heterocycles. The lowest BCUT2D eigenvalue weighted by atomic mass is 10.2. The summed E-state index contributed by atoms with van der Waals surface area (Å²) in [4.78, 5) is 18.9. The van der Waals surface area contributed by atoms with E-state index in [0.717, 1.165) is 11.8 Å². The molecule has 4 nitrogen and oxygen atoms in total. The minimum Gasteiger partial charge on any atom is -0.515 e. The topological polar surface area (TPSA) is 63.1 Å². The Morgan fingerprint density at radius 1 is 1.27 bits per heavy atom. The predicted octanol–water partition coefficient (Wildman–Crippen LogP) is 1.73. The first kappa shape index (κ1) is 9.33. The van der Waals surface area contributed by atoms with Crippen LogP contribution in [-0.2, 0) is 4.79 Å². The Balaban J connectivity index is 2.61. The van der Waals surface area contributed by atoms with Gasteiger partial charge in [0.05, 0.1) is 34.8 Å². The van der Waals surface area contributed by atoms with Crippen molar-refractivity contribution in [3.05, 3.63) is 42.4 Å². The number of aliphatic hydroxyl groups excluding tert-OH is 1. The van der Waals surface area contributed by atoms with Crippen molar-refractivity contribution >= 4 is 22.9 Å². The lowest BCUT2D eigenvalue weighted by molar-refractivity contribution is -0.103. The average molecular weight is 200 g/mol. The van der Waals surface area contributed by atoms with Gasteiger partial charge in [0.15, 0.2) is 6.29 Å². The quantitative estimate of drug-likeness (QED) is 0.455. The van der Waals surface area contributed by atoms with Crippen LogP contribution in [-0.4, -0.2) is 21.4 Å². The van der Waals surface area contributed by atoms with Crippen LogP contribution in [0.15, 0.2) is 36.7 Å². The van der Waals surface area contributed by atoms with Crippen LogP contribution in [0.2, 0.25) is 0 Å². The number of fused-ring (bicyclic) bond motifs is 1. The van der Waals surface area contributed by atoms with Gasteiger partial charge in [0.1, 0.15) is 0 Å². The number of rotatable bonds is 2. The maximum absolute atomic E-state index is 10.6. The van der Waals surface area contributed by atoms with Crippen LogP contribution in [0.3, 0.4) is 0 Å². The number of para-hydroxylation sites is 2. The van der Waals surface area contributed by atoms with Crippen LogP contribution >= 0.6 is 0 Å². The molecule has 0 radical (unpaired) electrons. The van der Waals surface area contributed by atoms with E-state index in [1.807, 2.05) is 18.2 Å². The van der Waals surface area contributed by atoms with E-state index in [2.05, 4.69) is 9.97 Å². The largest absolute Gasteiger partial charge is 0.515 e. The summed E-state index contributed by atoms with van der Waals surface area (Å²) in [6, 6.07) is 7.32. The monoisotopic (exact) mass is 200 g/mol. The summed E-state index contributed by atoms with van der Waals surface area (Å²) in [5.74, 6) is 0. The molecule has 0 bridgehead atoms. The second-order valence-corrected chi connectivity index (χ2v) is 2.95. The van der Waals surface area contributed by atoms with Gasteiger partial charge >= 0.3 is 0 Å². The molecule has 2 rings (SSSR count). The van der Waals surface area contributed by atoms with Crippen molar-refractivity contribution in [1.82, 2.24) is 9.97 Å². The van der Waals surface area contributed by atoms with Gasteiger partial charge in [-0.2, -0.15) is 0 Å². The molecule has 1 aromatic carbocycles. The third kappa shape index (κ3) is 1.69. The van der Waals surface area contributed by atoms with Crippen molar-refractivity contribution in [2.75, 3.05) is 0 Å². The Morgan fingerprint density at radius 3 is 2.67 bits per heavy atom.